The quantitative estimate of drug-likeness (QED) is 0.750. The molecule has 1 amide bonds. The van der Waals surface area contributed by atoms with Gasteiger partial charge in [-0.3, -0.25) is 9.78 Å². The van der Waals surface area contributed by atoms with Crippen LogP contribution in [-0.4, -0.2) is 16.0 Å². The largest absolute Gasteiger partial charge is 0.506 e. The Balaban J connectivity index is 2.00. The number of pyridine rings is 1. The predicted molar refractivity (Wildman–Crippen MR) is 67.4 cm³/mol. The van der Waals surface area contributed by atoms with Gasteiger partial charge in [-0.15, -0.1) is 0 Å². The molecule has 1 aromatic heterocycles. The first-order chi connectivity index (χ1) is 8.75. The first-order valence-electron chi connectivity index (χ1n) is 5.78. The molecule has 2 heterocycles. The maximum atomic E-state index is 12.0. The maximum absolute atomic E-state index is 12.0. The van der Waals surface area contributed by atoms with Crippen LogP contribution in [0.25, 0.3) is 0 Å². The second-order valence-electron chi connectivity index (χ2n) is 4.31. The van der Waals surface area contributed by atoms with Crippen LogP contribution in [0, 0.1) is 0 Å². The molecule has 2 aromatic rings. The van der Waals surface area contributed by atoms with Crippen LogP contribution in [0.4, 0.5) is 5.69 Å². The summed E-state index contributed by atoms with van der Waals surface area (Å²) >= 11 is 0. The summed E-state index contributed by atoms with van der Waals surface area (Å²) in [5.74, 6) is -0.302. The van der Waals surface area contributed by atoms with E-state index in [1.807, 2.05) is 24.3 Å². The van der Waals surface area contributed by atoms with Gasteiger partial charge in [0.15, 0.2) is 0 Å². The first-order valence-corrected chi connectivity index (χ1v) is 5.78. The summed E-state index contributed by atoms with van der Waals surface area (Å²) in [6.45, 7) is 0. The van der Waals surface area contributed by atoms with Crippen molar-refractivity contribution in [2.75, 3.05) is 5.32 Å². The fourth-order valence-corrected chi connectivity index (χ4v) is 2.24. The van der Waals surface area contributed by atoms with Crippen molar-refractivity contribution < 1.29 is 9.90 Å². The second-order valence-corrected chi connectivity index (χ2v) is 4.31. The number of carbonyl (C=O) groups excluding carboxylic acids is 1. The first kappa shape index (κ1) is 10.8. The third-order valence-corrected chi connectivity index (χ3v) is 3.16. The Morgan fingerprint density at radius 2 is 2.11 bits per heavy atom. The zero-order valence-electron chi connectivity index (χ0n) is 9.63. The number of nitrogens with zero attached hydrogens (tertiary/aromatic N) is 1. The monoisotopic (exact) mass is 240 g/mol. The minimum Gasteiger partial charge on any atom is -0.506 e. The van der Waals surface area contributed by atoms with Crippen molar-refractivity contribution >= 4 is 11.6 Å². The van der Waals surface area contributed by atoms with Crippen LogP contribution < -0.4 is 5.32 Å². The standard InChI is InChI=1S/C14H12N2O2/c17-12-6-3-4-9-8-10(14(18)16-13(9)12)11-5-1-2-7-15-11/h1-7,10,17H,8H2,(H,16,18). The zero-order chi connectivity index (χ0) is 12.5. The molecule has 0 fully saturated rings. The lowest BCUT2D eigenvalue weighted by atomic mass is 9.90. The molecule has 0 radical (unpaired) electrons. The lowest BCUT2D eigenvalue weighted by Gasteiger charge is -2.24. The van der Waals surface area contributed by atoms with Crippen molar-refractivity contribution in [3.05, 3.63) is 53.9 Å². The van der Waals surface area contributed by atoms with E-state index in [1.165, 1.54) is 0 Å². The van der Waals surface area contributed by atoms with Gasteiger partial charge in [-0.1, -0.05) is 18.2 Å². The van der Waals surface area contributed by atoms with E-state index in [2.05, 4.69) is 10.3 Å². The molecule has 1 unspecified atom stereocenters. The Morgan fingerprint density at radius 3 is 2.89 bits per heavy atom. The molecular weight excluding hydrogens is 228 g/mol. The average molecular weight is 240 g/mol. The summed E-state index contributed by atoms with van der Waals surface area (Å²) in [6, 6.07) is 10.8. The Hall–Kier alpha value is -2.36. The fraction of sp³-hybridized carbons (Fsp3) is 0.143. The van der Waals surface area contributed by atoms with Crippen LogP contribution in [0.15, 0.2) is 42.6 Å². The van der Waals surface area contributed by atoms with E-state index in [0.29, 0.717) is 12.1 Å². The van der Waals surface area contributed by atoms with E-state index >= 15 is 0 Å². The van der Waals surface area contributed by atoms with Crippen LogP contribution in [-0.2, 0) is 11.2 Å². The highest BCUT2D eigenvalue weighted by molar-refractivity contribution is 6.00. The van der Waals surface area contributed by atoms with Crippen molar-refractivity contribution in [2.45, 2.75) is 12.3 Å². The Kier molecular flexibility index (Phi) is 2.48. The van der Waals surface area contributed by atoms with Crippen molar-refractivity contribution in [3.63, 3.8) is 0 Å². The van der Waals surface area contributed by atoms with Crippen molar-refractivity contribution in [1.82, 2.24) is 4.98 Å². The minimum atomic E-state index is -0.291. The molecule has 0 aliphatic carbocycles. The molecule has 3 rings (SSSR count). The summed E-state index contributed by atoms with van der Waals surface area (Å²) in [4.78, 5) is 16.3. The van der Waals surface area contributed by atoms with Gasteiger partial charge in [0.1, 0.15) is 5.75 Å². The summed E-state index contributed by atoms with van der Waals surface area (Å²) in [5.41, 5.74) is 2.21. The molecule has 18 heavy (non-hydrogen) atoms. The molecular formula is C14H12N2O2. The number of nitrogens with one attached hydrogen (secondary N) is 1. The van der Waals surface area contributed by atoms with Crippen molar-refractivity contribution in [3.8, 4) is 5.75 Å². The van der Waals surface area contributed by atoms with Gasteiger partial charge < -0.3 is 10.4 Å². The summed E-state index contributed by atoms with van der Waals surface area (Å²) in [7, 11) is 0. The summed E-state index contributed by atoms with van der Waals surface area (Å²) in [6.07, 6.45) is 2.24. The lowest BCUT2D eigenvalue weighted by Crippen LogP contribution is -2.28. The van der Waals surface area contributed by atoms with E-state index < -0.39 is 0 Å². The number of hydrogen-bond donors (Lipinski definition) is 2. The lowest BCUT2D eigenvalue weighted by molar-refractivity contribution is -0.117. The Labute approximate surface area is 104 Å². The number of fused-ring (bicyclic) bond motifs is 1. The second kappa shape index (κ2) is 4.14. The SMILES string of the molecule is O=C1Nc2c(O)cccc2CC1c1ccccn1. The number of hydrogen-bond acceptors (Lipinski definition) is 3. The van der Waals surface area contributed by atoms with E-state index in [9.17, 15) is 9.90 Å². The number of amides is 1. The minimum absolute atomic E-state index is 0.111. The van der Waals surface area contributed by atoms with Gasteiger partial charge in [0.2, 0.25) is 5.91 Å². The molecule has 2 N–H and O–H groups in total. The highest BCUT2D eigenvalue weighted by Crippen LogP contribution is 2.35. The molecule has 1 atom stereocenters. The predicted octanol–water partition coefficient (Wildman–Crippen LogP) is 2.07. The number of phenolic OH excluding ortho intramolecular Hbond substituents is 1. The van der Waals surface area contributed by atoms with Gasteiger partial charge in [0, 0.05) is 6.20 Å². The van der Waals surface area contributed by atoms with Crippen LogP contribution in [0.3, 0.4) is 0 Å². The molecule has 0 saturated carbocycles. The molecule has 1 aromatic carbocycles. The van der Waals surface area contributed by atoms with E-state index in [4.69, 9.17) is 0 Å². The van der Waals surface area contributed by atoms with Crippen LogP contribution >= 0.6 is 0 Å². The van der Waals surface area contributed by atoms with E-state index in [1.54, 1.807) is 18.3 Å². The topological polar surface area (TPSA) is 62.2 Å². The Morgan fingerprint density at radius 1 is 1.22 bits per heavy atom. The fourth-order valence-electron chi connectivity index (χ4n) is 2.24. The Bertz CT molecular complexity index is 596. The highest BCUT2D eigenvalue weighted by atomic mass is 16.3. The summed E-state index contributed by atoms with van der Waals surface area (Å²) < 4.78 is 0. The van der Waals surface area contributed by atoms with Gasteiger partial charge in [0.05, 0.1) is 17.3 Å². The number of para-hydroxylation sites is 1. The maximum Gasteiger partial charge on any atom is 0.233 e. The number of benzene rings is 1. The van der Waals surface area contributed by atoms with Gasteiger partial charge in [-0.25, -0.2) is 0 Å². The number of carbonyl (C=O) groups is 1. The van der Waals surface area contributed by atoms with Gasteiger partial charge >= 0.3 is 0 Å². The van der Waals surface area contributed by atoms with E-state index in [0.717, 1.165) is 11.3 Å². The van der Waals surface area contributed by atoms with Gasteiger partial charge in [0.25, 0.3) is 0 Å². The molecule has 90 valence electrons. The number of rotatable bonds is 1. The molecule has 1 aliphatic rings. The van der Waals surface area contributed by atoms with Crippen LogP contribution in [0.1, 0.15) is 17.2 Å². The average Bonchev–Trinajstić information content (AvgIpc) is 2.40. The number of phenols is 1. The van der Waals surface area contributed by atoms with Crippen molar-refractivity contribution in [2.24, 2.45) is 0 Å². The third-order valence-electron chi connectivity index (χ3n) is 3.16. The smallest absolute Gasteiger partial charge is 0.233 e. The molecule has 4 nitrogen and oxygen atoms in total. The van der Waals surface area contributed by atoms with Crippen molar-refractivity contribution in [1.29, 1.82) is 0 Å². The van der Waals surface area contributed by atoms with Gasteiger partial charge in [-0.05, 0) is 30.2 Å². The molecule has 1 aliphatic heterocycles. The number of aromatic nitrogens is 1. The van der Waals surface area contributed by atoms with Crippen LogP contribution in [0.5, 0.6) is 5.75 Å². The zero-order valence-corrected chi connectivity index (χ0v) is 9.63. The molecule has 0 bridgehead atoms. The van der Waals surface area contributed by atoms with Crippen LogP contribution in [0.2, 0.25) is 0 Å². The highest BCUT2D eigenvalue weighted by Gasteiger charge is 2.29. The molecule has 0 spiro atoms. The normalized spacial score (nSPS) is 18.0. The number of aromatic hydroxyl groups is 1. The summed E-state index contributed by atoms with van der Waals surface area (Å²) in [5, 5.41) is 12.4. The van der Waals surface area contributed by atoms with E-state index in [-0.39, 0.29) is 17.6 Å². The molecule has 4 heteroatoms. The third kappa shape index (κ3) is 1.72. The number of anilines is 1. The van der Waals surface area contributed by atoms with Gasteiger partial charge in [-0.2, -0.15) is 0 Å². The molecule has 0 saturated heterocycles.